The summed E-state index contributed by atoms with van der Waals surface area (Å²) in [4.78, 5) is 0. The Morgan fingerprint density at radius 2 is 2.11 bits per heavy atom. The molecule has 18 heavy (non-hydrogen) atoms. The molecule has 1 unspecified atom stereocenters. The van der Waals surface area contributed by atoms with Gasteiger partial charge in [0.05, 0.1) is 18.5 Å². The molecule has 0 saturated carbocycles. The van der Waals surface area contributed by atoms with E-state index < -0.39 is 10.0 Å². The Morgan fingerprint density at radius 3 is 2.72 bits per heavy atom. The van der Waals surface area contributed by atoms with Gasteiger partial charge in [0, 0.05) is 33.4 Å². The molecule has 1 atom stereocenters. The summed E-state index contributed by atoms with van der Waals surface area (Å²) in [5, 5.41) is 3.07. The summed E-state index contributed by atoms with van der Waals surface area (Å²) in [6.07, 6.45) is 1.67. The number of sulfonamides is 1. The summed E-state index contributed by atoms with van der Waals surface area (Å²) < 4.78 is 36.0. The van der Waals surface area contributed by atoms with Gasteiger partial charge < -0.3 is 14.8 Å². The number of hydrogen-bond donors (Lipinski definition) is 2. The number of ether oxygens (including phenoxy) is 2. The van der Waals surface area contributed by atoms with Gasteiger partial charge in [-0.05, 0) is 12.8 Å². The lowest BCUT2D eigenvalue weighted by molar-refractivity contribution is 0.127. The van der Waals surface area contributed by atoms with E-state index in [-0.39, 0.29) is 24.3 Å². The van der Waals surface area contributed by atoms with Gasteiger partial charge in [-0.2, -0.15) is 0 Å². The number of halogens is 1. The van der Waals surface area contributed by atoms with Crippen LogP contribution in [-0.4, -0.2) is 60.2 Å². The maximum Gasteiger partial charge on any atom is 0.214 e. The van der Waals surface area contributed by atoms with E-state index in [0.29, 0.717) is 26.3 Å². The van der Waals surface area contributed by atoms with E-state index in [9.17, 15) is 8.42 Å². The van der Waals surface area contributed by atoms with Gasteiger partial charge in [0.15, 0.2) is 0 Å². The van der Waals surface area contributed by atoms with Gasteiger partial charge in [0.1, 0.15) is 0 Å². The average molecular weight is 303 g/mol. The molecule has 0 spiro atoms. The number of hydrogen-bond acceptors (Lipinski definition) is 5. The second-order valence-electron chi connectivity index (χ2n) is 4.05. The van der Waals surface area contributed by atoms with Crippen molar-refractivity contribution in [1.29, 1.82) is 0 Å². The minimum absolute atomic E-state index is 0. The van der Waals surface area contributed by atoms with Gasteiger partial charge >= 0.3 is 0 Å². The van der Waals surface area contributed by atoms with Crippen LogP contribution >= 0.6 is 12.4 Å². The zero-order valence-corrected chi connectivity index (χ0v) is 12.3. The Hall–Kier alpha value is 0.0800. The van der Waals surface area contributed by atoms with Crippen LogP contribution in [0.25, 0.3) is 0 Å². The molecule has 8 heteroatoms. The van der Waals surface area contributed by atoms with Crippen molar-refractivity contribution in [2.24, 2.45) is 0 Å². The van der Waals surface area contributed by atoms with Crippen molar-refractivity contribution in [3.8, 4) is 0 Å². The Kier molecular flexibility index (Phi) is 9.98. The van der Waals surface area contributed by atoms with Gasteiger partial charge in [-0.1, -0.05) is 0 Å². The fraction of sp³-hybridized carbons (Fsp3) is 1.00. The van der Waals surface area contributed by atoms with E-state index in [2.05, 4.69) is 10.0 Å². The Bertz CT molecular complexity index is 294. The van der Waals surface area contributed by atoms with Crippen LogP contribution in [0.4, 0.5) is 0 Å². The van der Waals surface area contributed by atoms with Gasteiger partial charge in [0.2, 0.25) is 10.0 Å². The van der Waals surface area contributed by atoms with Crippen LogP contribution in [0, 0.1) is 0 Å². The SMILES string of the molecule is COCCNCCNS(=O)(=O)CC1CCCO1.Cl. The number of methoxy groups -OCH3 is 1. The fourth-order valence-corrected chi connectivity index (χ4v) is 2.96. The van der Waals surface area contributed by atoms with E-state index in [1.165, 1.54) is 0 Å². The smallest absolute Gasteiger partial charge is 0.214 e. The largest absolute Gasteiger partial charge is 0.383 e. The normalized spacial score (nSPS) is 19.7. The molecule has 6 nitrogen and oxygen atoms in total. The number of nitrogens with one attached hydrogen (secondary N) is 2. The van der Waals surface area contributed by atoms with E-state index in [0.717, 1.165) is 19.4 Å². The molecular weight excluding hydrogens is 280 g/mol. The topological polar surface area (TPSA) is 76.7 Å². The Morgan fingerprint density at radius 1 is 1.33 bits per heavy atom. The highest BCUT2D eigenvalue weighted by molar-refractivity contribution is 7.89. The molecule has 2 N–H and O–H groups in total. The standard InChI is InChI=1S/C10H22N2O4S.ClH/c1-15-8-6-11-4-5-12-17(13,14)9-10-3-2-7-16-10;/h10-12H,2-9H2,1H3;1H. The molecule has 0 aromatic heterocycles. The van der Waals surface area contributed by atoms with Crippen LogP contribution in [0.3, 0.4) is 0 Å². The Labute approximate surface area is 115 Å². The highest BCUT2D eigenvalue weighted by Crippen LogP contribution is 2.13. The molecule has 0 radical (unpaired) electrons. The average Bonchev–Trinajstić information content (AvgIpc) is 2.75. The van der Waals surface area contributed by atoms with Gasteiger partial charge in [-0.15, -0.1) is 12.4 Å². The molecule has 1 heterocycles. The van der Waals surface area contributed by atoms with Crippen LogP contribution in [0.15, 0.2) is 0 Å². The lowest BCUT2D eigenvalue weighted by atomic mass is 10.3. The van der Waals surface area contributed by atoms with Gasteiger partial charge in [0.25, 0.3) is 0 Å². The summed E-state index contributed by atoms with van der Waals surface area (Å²) in [5.41, 5.74) is 0. The first-order valence-corrected chi connectivity index (χ1v) is 7.58. The van der Waals surface area contributed by atoms with E-state index in [1.54, 1.807) is 7.11 Å². The molecule has 1 aliphatic rings. The molecule has 0 bridgehead atoms. The predicted octanol–water partition coefficient (Wildman–Crippen LogP) is -0.257. The zero-order chi connectivity index (χ0) is 12.6. The lowest BCUT2D eigenvalue weighted by Gasteiger charge is -2.11. The van der Waals surface area contributed by atoms with Crippen molar-refractivity contribution in [1.82, 2.24) is 10.0 Å². The molecule has 0 aliphatic carbocycles. The second kappa shape index (κ2) is 9.94. The monoisotopic (exact) mass is 302 g/mol. The highest BCUT2D eigenvalue weighted by atomic mass is 35.5. The summed E-state index contributed by atoms with van der Waals surface area (Å²) in [6.45, 7) is 3.04. The number of rotatable bonds is 9. The van der Waals surface area contributed by atoms with Crippen molar-refractivity contribution >= 4 is 22.4 Å². The third kappa shape index (κ3) is 8.23. The summed E-state index contributed by atoms with van der Waals surface area (Å²) >= 11 is 0. The van der Waals surface area contributed by atoms with Crippen LogP contribution < -0.4 is 10.0 Å². The van der Waals surface area contributed by atoms with Crippen molar-refractivity contribution < 1.29 is 17.9 Å². The molecule has 1 saturated heterocycles. The van der Waals surface area contributed by atoms with Crippen molar-refractivity contribution in [2.75, 3.05) is 45.7 Å². The lowest BCUT2D eigenvalue weighted by Crippen LogP contribution is -2.36. The van der Waals surface area contributed by atoms with E-state index in [1.807, 2.05) is 0 Å². The molecule has 1 fully saturated rings. The first-order valence-electron chi connectivity index (χ1n) is 5.92. The predicted molar refractivity (Wildman–Crippen MR) is 72.8 cm³/mol. The molecule has 1 rings (SSSR count). The molecule has 110 valence electrons. The van der Waals surface area contributed by atoms with E-state index in [4.69, 9.17) is 9.47 Å². The van der Waals surface area contributed by atoms with Crippen molar-refractivity contribution in [3.63, 3.8) is 0 Å². The maximum atomic E-state index is 11.6. The third-order valence-electron chi connectivity index (χ3n) is 2.54. The van der Waals surface area contributed by atoms with Crippen LogP contribution in [-0.2, 0) is 19.5 Å². The third-order valence-corrected chi connectivity index (χ3v) is 3.99. The first-order chi connectivity index (χ1) is 8.14. The Balaban J connectivity index is 0.00000289. The fourth-order valence-electron chi connectivity index (χ4n) is 1.67. The maximum absolute atomic E-state index is 11.6. The minimum atomic E-state index is -3.20. The summed E-state index contributed by atoms with van der Waals surface area (Å²) in [5.74, 6) is 0.0745. The molecule has 0 amide bonds. The van der Waals surface area contributed by atoms with Gasteiger partial charge in [-0.3, -0.25) is 0 Å². The quantitative estimate of drug-likeness (QED) is 0.574. The van der Waals surface area contributed by atoms with Gasteiger partial charge in [-0.25, -0.2) is 13.1 Å². The summed E-state index contributed by atoms with van der Waals surface area (Å²) in [6, 6.07) is 0. The molecule has 1 aliphatic heterocycles. The highest BCUT2D eigenvalue weighted by Gasteiger charge is 2.22. The zero-order valence-electron chi connectivity index (χ0n) is 10.7. The van der Waals surface area contributed by atoms with Crippen LogP contribution in [0.5, 0.6) is 0 Å². The van der Waals surface area contributed by atoms with Crippen LogP contribution in [0.1, 0.15) is 12.8 Å². The second-order valence-corrected chi connectivity index (χ2v) is 5.91. The summed E-state index contributed by atoms with van der Waals surface area (Å²) in [7, 11) is -1.57. The first kappa shape index (κ1) is 18.1. The molecule has 0 aromatic rings. The van der Waals surface area contributed by atoms with Crippen molar-refractivity contribution in [3.05, 3.63) is 0 Å². The van der Waals surface area contributed by atoms with E-state index >= 15 is 0 Å². The van der Waals surface area contributed by atoms with Crippen molar-refractivity contribution in [2.45, 2.75) is 18.9 Å². The minimum Gasteiger partial charge on any atom is -0.383 e. The molecular formula is C10H23ClN2O4S. The van der Waals surface area contributed by atoms with Crippen LogP contribution in [0.2, 0.25) is 0 Å². The molecule has 0 aromatic carbocycles.